The summed E-state index contributed by atoms with van der Waals surface area (Å²) in [6.45, 7) is 0. The Bertz CT molecular complexity index is 782. The van der Waals surface area contributed by atoms with Gasteiger partial charge in [0.1, 0.15) is 11.6 Å². The van der Waals surface area contributed by atoms with Crippen molar-refractivity contribution in [1.29, 1.82) is 5.41 Å². The number of nitrogens with one attached hydrogen (secondary N) is 2. The van der Waals surface area contributed by atoms with Gasteiger partial charge in [0.05, 0.1) is 19.0 Å². The normalized spacial score (nSPS) is 11.1. The van der Waals surface area contributed by atoms with Crippen LogP contribution in [0.2, 0.25) is 0 Å². The number of hydrogen-bond acceptors (Lipinski definition) is 5. The van der Waals surface area contributed by atoms with E-state index in [-0.39, 0.29) is 22.3 Å². The summed E-state index contributed by atoms with van der Waals surface area (Å²) in [5.74, 6) is 0.141. The van der Waals surface area contributed by atoms with E-state index in [9.17, 15) is 8.42 Å². The van der Waals surface area contributed by atoms with Gasteiger partial charge >= 0.3 is 0 Å². The summed E-state index contributed by atoms with van der Waals surface area (Å²) in [5, 5.41) is 11.2. The van der Waals surface area contributed by atoms with Crippen LogP contribution in [0.25, 0.3) is 0 Å². The van der Waals surface area contributed by atoms with Gasteiger partial charge in [-0.3, -0.25) is 14.8 Å². The first-order valence-corrected chi connectivity index (χ1v) is 7.36. The first-order valence-electron chi connectivity index (χ1n) is 5.88. The highest BCUT2D eigenvalue weighted by atomic mass is 32.2. The number of nitrogens with two attached hydrogens (primary N) is 1. The number of aryl methyl sites for hydroxylation is 1. The van der Waals surface area contributed by atoms with E-state index in [1.807, 2.05) is 0 Å². The number of nitrogen functional groups attached to an aromatic ring is 1. The Morgan fingerprint density at radius 3 is 2.67 bits per heavy atom. The fourth-order valence-corrected chi connectivity index (χ4v) is 2.96. The quantitative estimate of drug-likeness (QED) is 0.548. The molecule has 1 aromatic carbocycles. The number of sulfonamides is 1. The van der Waals surface area contributed by atoms with Crippen molar-refractivity contribution < 1.29 is 13.2 Å². The smallest absolute Gasteiger partial charge is 0.279 e. The highest BCUT2D eigenvalue weighted by Crippen LogP contribution is 2.27. The molecule has 0 radical (unpaired) electrons. The van der Waals surface area contributed by atoms with Gasteiger partial charge in [-0.2, -0.15) is 13.5 Å². The number of amidine groups is 1. The lowest BCUT2D eigenvalue weighted by Crippen LogP contribution is -2.17. The summed E-state index contributed by atoms with van der Waals surface area (Å²) >= 11 is 0. The third-order valence-electron chi connectivity index (χ3n) is 2.81. The van der Waals surface area contributed by atoms with Gasteiger partial charge < -0.3 is 10.5 Å². The molecule has 0 fully saturated rings. The molecular formula is C12H15N5O3S. The predicted octanol–water partition coefficient (Wildman–Crippen LogP) is 0.514. The van der Waals surface area contributed by atoms with Crippen molar-refractivity contribution in [2.45, 2.75) is 5.03 Å². The largest absolute Gasteiger partial charge is 0.495 e. The first-order chi connectivity index (χ1) is 9.85. The maximum atomic E-state index is 12.3. The molecule has 0 aliphatic rings. The minimum Gasteiger partial charge on any atom is -0.495 e. The van der Waals surface area contributed by atoms with Crippen molar-refractivity contribution in [3.05, 3.63) is 36.0 Å². The minimum atomic E-state index is -3.78. The lowest BCUT2D eigenvalue weighted by atomic mass is 10.2. The molecule has 9 heteroatoms. The monoisotopic (exact) mass is 309 g/mol. The third kappa shape index (κ3) is 2.97. The number of methoxy groups -OCH3 is 1. The number of nitrogens with zero attached hydrogens (tertiary/aromatic N) is 2. The van der Waals surface area contributed by atoms with E-state index < -0.39 is 10.0 Å². The molecule has 0 atom stereocenters. The first kappa shape index (κ1) is 14.9. The number of hydrogen-bond donors (Lipinski definition) is 3. The molecule has 0 aliphatic heterocycles. The zero-order chi connectivity index (χ0) is 15.6. The average molecular weight is 309 g/mol. The predicted molar refractivity (Wildman–Crippen MR) is 78.0 cm³/mol. The van der Waals surface area contributed by atoms with Crippen molar-refractivity contribution in [3.8, 4) is 5.75 Å². The Morgan fingerprint density at radius 2 is 2.14 bits per heavy atom. The standard InChI is InChI=1S/C12H15N5O3S/c1-17-11(5-6-15-17)21(18,19)16-9-4-3-8(12(13)14)7-10(9)20-2/h3-7,16H,1-2H3,(H3,13,14). The molecule has 1 aromatic heterocycles. The molecule has 1 heterocycles. The minimum absolute atomic E-state index is 0.0280. The van der Waals surface area contributed by atoms with Crippen molar-refractivity contribution in [2.75, 3.05) is 11.8 Å². The molecule has 112 valence electrons. The zero-order valence-corrected chi connectivity index (χ0v) is 12.3. The van der Waals surface area contributed by atoms with Crippen LogP contribution in [0.3, 0.4) is 0 Å². The molecule has 0 amide bonds. The van der Waals surface area contributed by atoms with Crippen LogP contribution in [-0.4, -0.2) is 31.1 Å². The van der Waals surface area contributed by atoms with Crippen LogP contribution in [0.15, 0.2) is 35.5 Å². The number of ether oxygens (including phenoxy) is 1. The van der Waals surface area contributed by atoms with E-state index in [4.69, 9.17) is 15.9 Å². The molecule has 2 rings (SSSR count). The van der Waals surface area contributed by atoms with Gasteiger partial charge in [0.15, 0.2) is 5.03 Å². The second-order valence-electron chi connectivity index (χ2n) is 4.23. The van der Waals surface area contributed by atoms with Crippen LogP contribution in [0.4, 0.5) is 5.69 Å². The molecule has 4 N–H and O–H groups in total. The SMILES string of the molecule is COc1cc(C(=N)N)ccc1NS(=O)(=O)c1ccnn1C. The highest BCUT2D eigenvalue weighted by Gasteiger charge is 2.20. The molecule has 0 saturated heterocycles. The average Bonchev–Trinajstić information content (AvgIpc) is 2.85. The van der Waals surface area contributed by atoms with E-state index >= 15 is 0 Å². The molecule has 0 saturated carbocycles. The molecule has 0 unspecified atom stereocenters. The maximum Gasteiger partial charge on any atom is 0.279 e. The van der Waals surface area contributed by atoms with Gasteiger partial charge in [0, 0.05) is 12.6 Å². The molecule has 0 spiro atoms. The van der Waals surface area contributed by atoms with Crippen molar-refractivity contribution >= 4 is 21.5 Å². The zero-order valence-electron chi connectivity index (χ0n) is 11.5. The second kappa shape index (κ2) is 5.44. The summed E-state index contributed by atoms with van der Waals surface area (Å²) in [4.78, 5) is 0. The van der Waals surface area contributed by atoms with Crippen LogP contribution in [0, 0.1) is 5.41 Å². The third-order valence-corrected chi connectivity index (χ3v) is 4.25. The van der Waals surface area contributed by atoms with Gasteiger partial charge in [0.25, 0.3) is 10.0 Å². The Hall–Kier alpha value is -2.55. The van der Waals surface area contributed by atoms with Crippen LogP contribution >= 0.6 is 0 Å². The fourth-order valence-electron chi connectivity index (χ4n) is 1.77. The van der Waals surface area contributed by atoms with E-state index in [1.165, 1.54) is 49.3 Å². The molecular weight excluding hydrogens is 294 g/mol. The molecule has 0 bridgehead atoms. The lowest BCUT2D eigenvalue weighted by molar-refractivity contribution is 0.416. The summed E-state index contributed by atoms with van der Waals surface area (Å²) in [5.41, 5.74) is 6.08. The van der Waals surface area contributed by atoms with Gasteiger partial charge in [-0.05, 0) is 24.3 Å². The number of anilines is 1. The Labute approximate surface area is 122 Å². The van der Waals surface area contributed by atoms with Crippen LogP contribution in [0.5, 0.6) is 5.75 Å². The summed E-state index contributed by atoms with van der Waals surface area (Å²) in [6, 6.07) is 5.90. The maximum absolute atomic E-state index is 12.3. The van der Waals surface area contributed by atoms with Gasteiger partial charge in [-0.15, -0.1) is 0 Å². The van der Waals surface area contributed by atoms with Gasteiger partial charge in [0.2, 0.25) is 0 Å². The molecule has 2 aromatic rings. The summed E-state index contributed by atoms with van der Waals surface area (Å²) in [6.07, 6.45) is 1.39. The topological polar surface area (TPSA) is 123 Å². The van der Waals surface area contributed by atoms with Gasteiger partial charge in [-0.1, -0.05) is 0 Å². The van der Waals surface area contributed by atoms with Crippen LogP contribution in [-0.2, 0) is 17.1 Å². The Balaban J connectivity index is 2.40. The van der Waals surface area contributed by atoms with E-state index in [0.29, 0.717) is 5.56 Å². The number of benzene rings is 1. The number of rotatable bonds is 5. The Morgan fingerprint density at radius 1 is 1.43 bits per heavy atom. The van der Waals surface area contributed by atoms with E-state index in [1.54, 1.807) is 0 Å². The summed E-state index contributed by atoms with van der Waals surface area (Å²) in [7, 11) is -0.845. The fraction of sp³-hybridized carbons (Fsp3) is 0.167. The van der Waals surface area contributed by atoms with E-state index in [0.717, 1.165) is 0 Å². The van der Waals surface area contributed by atoms with E-state index in [2.05, 4.69) is 9.82 Å². The van der Waals surface area contributed by atoms with Crippen molar-refractivity contribution in [3.63, 3.8) is 0 Å². The van der Waals surface area contributed by atoms with Crippen molar-refractivity contribution in [2.24, 2.45) is 12.8 Å². The number of aromatic nitrogens is 2. The summed E-state index contributed by atoms with van der Waals surface area (Å²) < 4.78 is 33.4. The van der Waals surface area contributed by atoms with Crippen LogP contribution in [0.1, 0.15) is 5.56 Å². The van der Waals surface area contributed by atoms with Crippen molar-refractivity contribution in [1.82, 2.24) is 9.78 Å². The van der Waals surface area contributed by atoms with Crippen LogP contribution < -0.4 is 15.2 Å². The molecule has 8 nitrogen and oxygen atoms in total. The lowest BCUT2D eigenvalue weighted by Gasteiger charge is -2.13. The molecule has 0 aliphatic carbocycles. The Kier molecular flexibility index (Phi) is 3.85. The molecule has 21 heavy (non-hydrogen) atoms. The van der Waals surface area contributed by atoms with Gasteiger partial charge in [-0.25, -0.2) is 0 Å². The second-order valence-corrected chi connectivity index (χ2v) is 5.86. The highest BCUT2D eigenvalue weighted by molar-refractivity contribution is 7.92.